The first-order chi connectivity index (χ1) is 10.3. The van der Waals surface area contributed by atoms with Gasteiger partial charge in [0.2, 0.25) is 10.0 Å². The molecule has 0 heterocycles. The molecule has 0 fully saturated rings. The first-order valence-electron chi connectivity index (χ1n) is 6.33. The normalized spacial score (nSPS) is 11.2. The van der Waals surface area contributed by atoms with E-state index in [1.165, 1.54) is 12.1 Å². The standard InChI is InChI=1S/C15H14ClNO4S/c1-22(20,21)17(10-11-6-8-12(16)9-7-11)14-5-3-2-4-13(14)15(18)19/h2-9H,10H2,1H3,(H,18,19). The lowest BCUT2D eigenvalue weighted by Gasteiger charge is -2.24. The topological polar surface area (TPSA) is 74.7 Å². The highest BCUT2D eigenvalue weighted by atomic mass is 35.5. The van der Waals surface area contributed by atoms with Gasteiger partial charge in [0.15, 0.2) is 0 Å². The predicted octanol–water partition coefficient (Wildman–Crippen LogP) is 3.00. The van der Waals surface area contributed by atoms with Gasteiger partial charge in [-0.15, -0.1) is 0 Å². The minimum atomic E-state index is -3.65. The number of anilines is 1. The van der Waals surface area contributed by atoms with E-state index >= 15 is 0 Å². The molecule has 0 aliphatic rings. The van der Waals surface area contributed by atoms with Gasteiger partial charge in [-0.25, -0.2) is 13.2 Å². The highest BCUT2D eigenvalue weighted by molar-refractivity contribution is 7.92. The van der Waals surface area contributed by atoms with E-state index in [1.807, 2.05) is 0 Å². The summed E-state index contributed by atoms with van der Waals surface area (Å²) in [6.07, 6.45) is 1.04. The Kier molecular flexibility index (Phi) is 4.73. The van der Waals surface area contributed by atoms with Crippen LogP contribution in [0.25, 0.3) is 0 Å². The van der Waals surface area contributed by atoms with E-state index in [2.05, 4.69) is 0 Å². The Bertz CT molecular complexity index is 787. The van der Waals surface area contributed by atoms with Crippen LogP contribution in [0.2, 0.25) is 5.02 Å². The molecule has 0 radical (unpaired) electrons. The number of hydrogen-bond donors (Lipinski definition) is 1. The number of nitrogens with zero attached hydrogens (tertiary/aromatic N) is 1. The number of halogens is 1. The molecule has 116 valence electrons. The quantitative estimate of drug-likeness (QED) is 0.908. The number of sulfonamides is 1. The maximum Gasteiger partial charge on any atom is 0.337 e. The monoisotopic (exact) mass is 339 g/mol. The number of benzene rings is 2. The van der Waals surface area contributed by atoms with Crippen molar-refractivity contribution in [1.82, 2.24) is 0 Å². The van der Waals surface area contributed by atoms with Gasteiger partial charge >= 0.3 is 5.97 Å². The smallest absolute Gasteiger partial charge is 0.337 e. The van der Waals surface area contributed by atoms with Crippen molar-refractivity contribution >= 4 is 33.3 Å². The molecule has 2 rings (SSSR count). The van der Waals surface area contributed by atoms with Crippen LogP contribution in [-0.4, -0.2) is 25.7 Å². The molecular weight excluding hydrogens is 326 g/mol. The summed E-state index contributed by atoms with van der Waals surface area (Å²) in [6, 6.07) is 12.7. The number of aromatic carboxylic acids is 1. The van der Waals surface area contributed by atoms with Gasteiger partial charge in [0.25, 0.3) is 0 Å². The van der Waals surface area contributed by atoms with E-state index in [1.54, 1.807) is 36.4 Å². The number of rotatable bonds is 5. The van der Waals surface area contributed by atoms with Crippen LogP contribution in [0.15, 0.2) is 48.5 Å². The van der Waals surface area contributed by atoms with Crippen molar-refractivity contribution in [3.05, 3.63) is 64.7 Å². The van der Waals surface area contributed by atoms with Gasteiger partial charge in [-0.3, -0.25) is 4.31 Å². The highest BCUT2D eigenvalue weighted by Gasteiger charge is 2.23. The molecule has 0 saturated heterocycles. The summed E-state index contributed by atoms with van der Waals surface area (Å²) in [4.78, 5) is 11.3. The Hall–Kier alpha value is -2.05. The average Bonchev–Trinajstić information content (AvgIpc) is 2.45. The molecule has 5 nitrogen and oxygen atoms in total. The first kappa shape index (κ1) is 16.3. The first-order valence-corrected chi connectivity index (χ1v) is 8.56. The maximum absolute atomic E-state index is 12.1. The zero-order chi connectivity index (χ0) is 16.3. The van der Waals surface area contributed by atoms with Crippen molar-refractivity contribution in [1.29, 1.82) is 0 Å². The van der Waals surface area contributed by atoms with Crippen LogP contribution in [0.5, 0.6) is 0 Å². The molecule has 22 heavy (non-hydrogen) atoms. The summed E-state index contributed by atoms with van der Waals surface area (Å²) in [6.45, 7) is 0.0281. The average molecular weight is 340 g/mol. The second kappa shape index (κ2) is 6.37. The molecule has 0 saturated carbocycles. The minimum Gasteiger partial charge on any atom is -0.478 e. The molecule has 0 spiro atoms. The third-order valence-corrected chi connectivity index (χ3v) is 4.42. The van der Waals surface area contributed by atoms with Gasteiger partial charge < -0.3 is 5.11 Å². The zero-order valence-corrected chi connectivity index (χ0v) is 13.3. The molecule has 0 amide bonds. The van der Waals surface area contributed by atoms with Crippen molar-refractivity contribution in [2.45, 2.75) is 6.54 Å². The van der Waals surface area contributed by atoms with Crippen molar-refractivity contribution in [3.8, 4) is 0 Å². The highest BCUT2D eigenvalue weighted by Crippen LogP contribution is 2.25. The third kappa shape index (κ3) is 3.78. The van der Waals surface area contributed by atoms with Gasteiger partial charge in [-0.2, -0.15) is 0 Å². The Labute approximate surface area is 133 Å². The van der Waals surface area contributed by atoms with Gasteiger partial charge in [0, 0.05) is 5.02 Å². The SMILES string of the molecule is CS(=O)(=O)N(Cc1ccc(Cl)cc1)c1ccccc1C(=O)O. The summed E-state index contributed by atoms with van der Waals surface area (Å²) in [7, 11) is -3.65. The molecule has 0 bridgehead atoms. The van der Waals surface area contributed by atoms with Crippen LogP contribution < -0.4 is 4.31 Å². The van der Waals surface area contributed by atoms with Crippen LogP contribution in [-0.2, 0) is 16.6 Å². The molecule has 2 aromatic rings. The predicted molar refractivity (Wildman–Crippen MR) is 85.9 cm³/mol. The molecule has 0 aliphatic carbocycles. The van der Waals surface area contributed by atoms with Crippen LogP contribution in [0, 0.1) is 0 Å². The number of carbonyl (C=O) groups is 1. The Morgan fingerprint density at radius 2 is 1.73 bits per heavy atom. The lowest BCUT2D eigenvalue weighted by molar-refractivity contribution is 0.0697. The van der Waals surface area contributed by atoms with Crippen LogP contribution in [0.3, 0.4) is 0 Å². The third-order valence-electron chi connectivity index (χ3n) is 3.04. The van der Waals surface area contributed by atoms with E-state index in [0.29, 0.717) is 10.6 Å². The summed E-state index contributed by atoms with van der Waals surface area (Å²) < 4.78 is 25.2. The summed E-state index contributed by atoms with van der Waals surface area (Å²) in [5.41, 5.74) is 0.768. The molecule has 7 heteroatoms. The second-order valence-electron chi connectivity index (χ2n) is 4.72. The number of carboxylic acid groups (broad SMARTS) is 1. The van der Waals surface area contributed by atoms with E-state index in [9.17, 15) is 18.3 Å². The fourth-order valence-electron chi connectivity index (χ4n) is 2.01. The molecule has 0 aliphatic heterocycles. The van der Waals surface area contributed by atoms with Crippen molar-refractivity contribution in [2.75, 3.05) is 10.6 Å². The zero-order valence-electron chi connectivity index (χ0n) is 11.7. The molecule has 2 aromatic carbocycles. The van der Waals surface area contributed by atoms with E-state index in [4.69, 9.17) is 11.6 Å². The maximum atomic E-state index is 12.1. The minimum absolute atomic E-state index is 0.0281. The number of para-hydroxylation sites is 1. The van der Waals surface area contributed by atoms with Gasteiger partial charge in [-0.1, -0.05) is 35.9 Å². The van der Waals surface area contributed by atoms with Crippen LogP contribution in [0.4, 0.5) is 5.69 Å². The summed E-state index contributed by atoms with van der Waals surface area (Å²) in [5.74, 6) is -1.18. The lowest BCUT2D eigenvalue weighted by atomic mass is 10.1. The van der Waals surface area contributed by atoms with E-state index in [0.717, 1.165) is 10.6 Å². The van der Waals surface area contributed by atoms with Crippen molar-refractivity contribution in [3.63, 3.8) is 0 Å². The summed E-state index contributed by atoms with van der Waals surface area (Å²) in [5, 5.41) is 9.79. The van der Waals surface area contributed by atoms with Crippen LogP contribution in [0.1, 0.15) is 15.9 Å². The van der Waals surface area contributed by atoms with Gasteiger partial charge in [0.1, 0.15) is 0 Å². The Morgan fingerprint density at radius 3 is 2.27 bits per heavy atom. The number of hydrogen-bond acceptors (Lipinski definition) is 3. The lowest BCUT2D eigenvalue weighted by Crippen LogP contribution is -2.30. The fourth-order valence-corrected chi connectivity index (χ4v) is 3.03. The van der Waals surface area contributed by atoms with E-state index in [-0.39, 0.29) is 17.8 Å². The van der Waals surface area contributed by atoms with Gasteiger partial charge in [-0.05, 0) is 29.8 Å². The van der Waals surface area contributed by atoms with E-state index < -0.39 is 16.0 Å². The van der Waals surface area contributed by atoms with Crippen LogP contribution >= 0.6 is 11.6 Å². The second-order valence-corrected chi connectivity index (χ2v) is 7.06. The molecule has 0 atom stereocenters. The fraction of sp³-hybridized carbons (Fsp3) is 0.133. The van der Waals surface area contributed by atoms with Gasteiger partial charge in [0.05, 0.1) is 24.1 Å². The number of carboxylic acids is 1. The van der Waals surface area contributed by atoms with Crippen molar-refractivity contribution < 1.29 is 18.3 Å². The molecule has 0 aromatic heterocycles. The Balaban J connectivity index is 2.48. The molecule has 0 unspecified atom stereocenters. The largest absolute Gasteiger partial charge is 0.478 e. The Morgan fingerprint density at radius 1 is 1.14 bits per heavy atom. The van der Waals surface area contributed by atoms with Crippen molar-refractivity contribution in [2.24, 2.45) is 0 Å². The molecule has 1 N–H and O–H groups in total. The molecular formula is C15H14ClNO4S. The summed E-state index contributed by atoms with van der Waals surface area (Å²) >= 11 is 5.81.